The van der Waals surface area contributed by atoms with Crippen LogP contribution in [0.3, 0.4) is 0 Å². The standard InChI is InChI=1S/C38H50F2N6O9S/c1-36(2,3)29-33(48)46-19-22(17-27(46)31(47)44-38(18-23(38)30(39)40)34(49)45-56(51,52)37(4)13-14-37)54-32-25(41-24-12-11-21(53-5)16-26(24)42-32)10-8-6-7-9-20-15-28(20)55-35(50)43-29/h11-12,16,20,22-23,27-30H,6-10,13-15,17-19H2,1-5H3,(H,43,50)(H,44,47)(H,45,49)/t20-,22-,23+,27+,28-,29-,38-/m1/s1. The van der Waals surface area contributed by atoms with Crippen LogP contribution in [0.15, 0.2) is 18.2 Å². The van der Waals surface area contributed by atoms with Crippen molar-refractivity contribution in [2.75, 3.05) is 13.7 Å². The lowest BCUT2D eigenvalue weighted by atomic mass is 9.85. The molecule has 3 N–H and O–H groups in total. The Morgan fingerprint density at radius 2 is 1.82 bits per heavy atom. The van der Waals surface area contributed by atoms with Gasteiger partial charge in [-0.2, -0.15) is 0 Å². The number of nitrogens with zero attached hydrogens (tertiary/aromatic N) is 3. The minimum absolute atomic E-state index is 0.146. The van der Waals surface area contributed by atoms with Crippen LogP contribution in [-0.4, -0.2) is 102 Å². The molecule has 3 heterocycles. The molecule has 306 valence electrons. The summed E-state index contributed by atoms with van der Waals surface area (Å²) in [7, 11) is -2.70. The van der Waals surface area contributed by atoms with Crippen molar-refractivity contribution in [1.82, 2.24) is 30.2 Å². The highest BCUT2D eigenvalue weighted by atomic mass is 32.2. The van der Waals surface area contributed by atoms with Gasteiger partial charge in [0, 0.05) is 12.5 Å². The van der Waals surface area contributed by atoms with Gasteiger partial charge in [-0.1, -0.05) is 33.6 Å². The fourth-order valence-electron chi connectivity index (χ4n) is 7.76. The summed E-state index contributed by atoms with van der Waals surface area (Å²) in [6.07, 6.45) is -0.364. The molecule has 0 radical (unpaired) electrons. The summed E-state index contributed by atoms with van der Waals surface area (Å²) in [6.45, 7) is 6.49. The first-order valence-corrected chi connectivity index (χ1v) is 20.8. The zero-order valence-corrected chi connectivity index (χ0v) is 33.0. The predicted molar refractivity (Wildman–Crippen MR) is 197 cm³/mol. The number of sulfonamides is 1. The Labute approximate surface area is 324 Å². The molecule has 18 heteroatoms. The molecule has 2 aromatic rings. The number of aryl methyl sites for hydroxylation is 1. The molecule has 0 spiro atoms. The third-order valence-electron chi connectivity index (χ3n) is 11.9. The van der Waals surface area contributed by atoms with Gasteiger partial charge in [-0.25, -0.2) is 32.0 Å². The number of hydrogen-bond acceptors (Lipinski definition) is 11. The average molecular weight is 805 g/mol. The van der Waals surface area contributed by atoms with E-state index in [2.05, 4.69) is 10.6 Å². The number of fused-ring (bicyclic) bond motifs is 5. The molecule has 2 bridgehead atoms. The molecular weight excluding hydrogens is 755 g/mol. The van der Waals surface area contributed by atoms with Gasteiger partial charge in [0.2, 0.25) is 34.1 Å². The second-order valence-corrected chi connectivity index (χ2v) is 19.5. The third-order valence-corrected chi connectivity index (χ3v) is 14.1. The van der Waals surface area contributed by atoms with Crippen LogP contribution in [0.5, 0.6) is 11.6 Å². The van der Waals surface area contributed by atoms with Gasteiger partial charge in [0.05, 0.1) is 35.4 Å². The molecule has 2 aliphatic heterocycles. The maximum Gasteiger partial charge on any atom is 0.408 e. The number of nitrogens with one attached hydrogen (secondary N) is 3. The number of amides is 4. The number of rotatable bonds is 7. The fourth-order valence-corrected chi connectivity index (χ4v) is 9.07. The molecule has 15 nitrogen and oxygen atoms in total. The molecule has 1 aromatic heterocycles. The second kappa shape index (κ2) is 14.5. The average Bonchev–Trinajstić information content (AvgIpc) is 4.08. The van der Waals surface area contributed by atoms with Crippen LogP contribution in [0, 0.1) is 17.3 Å². The van der Waals surface area contributed by atoms with Crippen molar-refractivity contribution in [1.29, 1.82) is 0 Å². The number of alkyl halides is 2. The lowest BCUT2D eigenvalue weighted by molar-refractivity contribution is -0.143. The number of alkyl carbamates (subject to hydrolysis) is 1. The smallest absolute Gasteiger partial charge is 0.408 e. The van der Waals surface area contributed by atoms with Crippen molar-refractivity contribution in [2.24, 2.45) is 17.3 Å². The molecule has 4 amide bonds. The summed E-state index contributed by atoms with van der Waals surface area (Å²) in [5.74, 6) is -3.56. The first kappa shape index (κ1) is 39.9. The number of benzene rings is 1. The van der Waals surface area contributed by atoms with E-state index in [0.717, 1.165) is 25.7 Å². The lowest BCUT2D eigenvalue weighted by Gasteiger charge is -2.35. The predicted octanol–water partition coefficient (Wildman–Crippen LogP) is 3.77. The van der Waals surface area contributed by atoms with E-state index < -0.39 is 86.5 Å². The maximum absolute atomic E-state index is 14.6. The molecule has 4 fully saturated rings. The molecule has 3 aliphatic carbocycles. The Kier molecular flexibility index (Phi) is 10.4. The highest BCUT2D eigenvalue weighted by Gasteiger charge is 2.67. The highest BCUT2D eigenvalue weighted by molar-refractivity contribution is 7.91. The molecule has 1 saturated heterocycles. The summed E-state index contributed by atoms with van der Waals surface area (Å²) in [5, 5.41) is 5.16. The minimum Gasteiger partial charge on any atom is -0.497 e. The number of carbonyl (C=O) groups is 4. The van der Waals surface area contributed by atoms with Crippen LogP contribution in [-0.2, 0) is 35.6 Å². The summed E-state index contributed by atoms with van der Waals surface area (Å²) in [4.78, 5) is 66.5. The van der Waals surface area contributed by atoms with E-state index >= 15 is 0 Å². The van der Waals surface area contributed by atoms with E-state index in [1.54, 1.807) is 39.0 Å². The number of halogens is 2. The van der Waals surface area contributed by atoms with Crippen molar-refractivity contribution < 1.29 is 50.6 Å². The summed E-state index contributed by atoms with van der Waals surface area (Å²) < 4.78 is 72.7. The normalized spacial score (nSPS) is 30.4. The number of hydrogen-bond donors (Lipinski definition) is 3. The Balaban J connectivity index is 1.22. The van der Waals surface area contributed by atoms with E-state index in [-0.39, 0.29) is 30.9 Å². The summed E-state index contributed by atoms with van der Waals surface area (Å²) in [6, 6.07) is 2.72. The van der Waals surface area contributed by atoms with E-state index in [1.807, 2.05) is 4.72 Å². The van der Waals surface area contributed by atoms with Crippen molar-refractivity contribution in [3.63, 3.8) is 0 Å². The molecular formula is C38H50F2N6O9S. The number of ether oxygens (including phenoxy) is 3. The second-order valence-electron chi connectivity index (χ2n) is 17.3. The third kappa shape index (κ3) is 7.94. The van der Waals surface area contributed by atoms with Gasteiger partial charge in [0.15, 0.2) is 0 Å². The van der Waals surface area contributed by atoms with E-state index in [0.29, 0.717) is 48.2 Å². The summed E-state index contributed by atoms with van der Waals surface area (Å²) in [5.41, 5.74) is -1.42. The minimum atomic E-state index is -4.23. The van der Waals surface area contributed by atoms with Crippen molar-refractivity contribution in [3.05, 3.63) is 23.9 Å². The van der Waals surface area contributed by atoms with Gasteiger partial charge in [-0.3, -0.25) is 19.1 Å². The monoisotopic (exact) mass is 804 g/mol. The van der Waals surface area contributed by atoms with Gasteiger partial charge in [-0.15, -0.1) is 0 Å². The fraction of sp³-hybridized carbons (Fsp3) is 0.684. The van der Waals surface area contributed by atoms with Crippen LogP contribution in [0.1, 0.15) is 91.2 Å². The molecule has 3 saturated carbocycles. The largest absolute Gasteiger partial charge is 0.497 e. The summed E-state index contributed by atoms with van der Waals surface area (Å²) >= 11 is 0. The SMILES string of the molecule is COc1ccc2nc3c(nc2c1)O[C@@H]1C[C@@H](C(=O)N[C@]2(C(=O)NS(=O)(=O)C4(C)CC4)C[C@H]2C(F)F)N(C1)C(=O)[C@H](C(C)(C)C)NC(=O)O[C@@H]1C[C@H]1CCCCC3. The van der Waals surface area contributed by atoms with Gasteiger partial charge in [-0.05, 0) is 75.3 Å². The van der Waals surface area contributed by atoms with Gasteiger partial charge >= 0.3 is 6.09 Å². The molecule has 0 unspecified atom stereocenters. The molecule has 56 heavy (non-hydrogen) atoms. The Hall–Kier alpha value is -4.35. The van der Waals surface area contributed by atoms with Gasteiger partial charge in [0.1, 0.15) is 41.3 Å². The zero-order chi connectivity index (χ0) is 40.4. The molecule has 1 aromatic carbocycles. The van der Waals surface area contributed by atoms with E-state index in [4.69, 9.17) is 24.2 Å². The van der Waals surface area contributed by atoms with Crippen molar-refractivity contribution in [2.45, 2.75) is 133 Å². The first-order valence-electron chi connectivity index (χ1n) is 19.3. The number of aromatic nitrogens is 2. The number of carbonyl (C=O) groups excluding carboxylic acids is 4. The first-order chi connectivity index (χ1) is 26.3. The molecule has 5 aliphatic rings. The van der Waals surface area contributed by atoms with E-state index in [9.17, 15) is 36.4 Å². The van der Waals surface area contributed by atoms with Crippen molar-refractivity contribution in [3.8, 4) is 11.6 Å². The van der Waals surface area contributed by atoms with Gasteiger partial charge in [0.25, 0.3) is 5.91 Å². The number of methoxy groups -OCH3 is 1. The van der Waals surface area contributed by atoms with Crippen LogP contribution in [0.2, 0.25) is 0 Å². The molecule has 7 atom stereocenters. The van der Waals surface area contributed by atoms with Crippen LogP contribution < -0.4 is 24.8 Å². The maximum atomic E-state index is 14.6. The Morgan fingerprint density at radius 3 is 2.48 bits per heavy atom. The van der Waals surface area contributed by atoms with Crippen LogP contribution in [0.25, 0.3) is 11.0 Å². The topological polar surface area (TPSA) is 195 Å². The Morgan fingerprint density at radius 1 is 1.07 bits per heavy atom. The highest BCUT2D eigenvalue weighted by Crippen LogP contribution is 2.49. The lowest BCUT2D eigenvalue weighted by Crippen LogP contribution is -2.60. The van der Waals surface area contributed by atoms with Crippen LogP contribution >= 0.6 is 0 Å². The molecule has 7 rings (SSSR count). The van der Waals surface area contributed by atoms with Crippen molar-refractivity contribution >= 4 is 44.9 Å². The van der Waals surface area contributed by atoms with E-state index in [1.165, 1.54) is 18.9 Å². The Bertz CT molecular complexity index is 2030. The van der Waals surface area contributed by atoms with Gasteiger partial charge < -0.3 is 29.7 Å². The van der Waals surface area contributed by atoms with Crippen LogP contribution in [0.4, 0.5) is 13.6 Å². The quantitative estimate of drug-likeness (QED) is 0.369. The zero-order valence-electron chi connectivity index (χ0n) is 32.2.